The van der Waals surface area contributed by atoms with Crippen LogP contribution in [0.25, 0.3) is 0 Å². The van der Waals surface area contributed by atoms with Crippen molar-refractivity contribution < 1.29 is 14.2 Å². The number of rotatable bonds is 4. The zero-order valence-corrected chi connectivity index (χ0v) is 17.5. The number of fused-ring (bicyclic) bond motifs is 3. The molecular weight excluding hydrogens is 400 g/mol. The van der Waals surface area contributed by atoms with Crippen LogP contribution in [0.5, 0.6) is 17.2 Å². The lowest BCUT2D eigenvalue weighted by Crippen LogP contribution is -2.33. The van der Waals surface area contributed by atoms with Crippen LogP contribution in [0.15, 0.2) is 71.8 Å². The van der Waals surface area contributed by atoms with Crippen molar-refractivity contribution in [1.82, 2.24) is 5.01 Å². The molecule has 5 rings (SSSR count). The van der Waals surface area contributed by atoms with E-state index < -0.39 is 0 Å². The van der Waals surface area contributed by atoms with Crippen LogP contribution in [-0.2, 0) is 0 Å². The summed E-state index contributed by atoms with van der Waals surface area (Å²) in [6.07, 6.45) is 0.415. The van der Waals surface area contributed by atoms with Crippen LogP contribution in [0, 0.1) is 0 Å². The highest BCUT2D eigenvalue weighted by Crippen LogP contribution is 2.48. The van der Waals surface area contributed by atoms with Gasteiger partial charge in [0.05, 0.1) is 26.0 Å². The topological polar surface area (TPSA) is 43.3 Å². The van der Waals surface area contributed by atoms with E-state index in [1.54, 1.807) is 14.2 Å². The van der Waals surface area contributed by atoms with Gasteiger partial charge in [-0.05, 0) is 60.2 Å². The summed E-state index contributed by atoms with van der Waals surface area (Å²) in [7, 11) is 3.33. The molecule has 0 saturated heterocycles. The second kappa shape index (κ2) is 7.58. The Balaban J connectivity index is 1.58. The van der Waals surface area contributed by atoms with E-state index in [1.807, 2.05) is 71.7 Å². The zero-order chi connectivity index (χ0) is 20.7. The van der Waals surface area contributed by atoms with E-state index in [-0.39, 0.29) is 12.3 Å². The van der Waals surface area contributed by atoms with Crippen LogP contribution in [0.3, 0.4) is 0 Å². The molecule has 6 heteroatoms. The fourth-order valence-electron chi connectivity index (χ4n) is 4.03. The van der Waals surface area contributed by atoms with Gasteiger partial charge in [0.2, 0.25) is 6.23 Å². The van der Waals surface area contributed by atoms with Crippen molar-refractivity contribution in [2.24, 2.45) is 5.10 Å². The Hall–Kier alpha value is -3.18. The van der Waals surface area contributed by atoms with E-state index in [1.165, 1.54) is 0 Å². The summed E-state index contributed by atoms with van der Waals surface area (Å²) < 4.78 is 17.1. The molecule has 2 aliphatic heterocycles. The van der Waals surface area contributed by atoms with Crippen molar-refractivity contribution in [3.8, 4) is 17.2 Å². The molecule has 0 saturated carbocycles. The van der Waals surface area contributed by atoms with E-state index in [0.29, 0.717) is 5.02 Å². The van der Waals surface area contributed by atoms with E-state index >= 15 is 0 Å². The van der Waals surface area contributed by atoms with Crippen LogP contribution < -0.4 is 14.2 Å². The highest BCUT2D eigenvalue weighted by Gasteiger charge is 2.41. The molecule has 3 aromatic rings. The predicted octanol–water partition coefficient (Wildman–Crippen LogP) is 5.60. The fourth-order valence-corrected chi connectivity index (χ4v) is 4.21. The molecule has 2 heterocycles. The molecule has 0 N–H and O–H groups in total. The summed E-state index contributed by atoms with van der Waals surface area (Å²) in [6.45, 7) is 0. The third kappa shape index (κ3) is 3.25. The van der Waals surface area contributed by atoms with Crippen LogP contribution in [0.1, 0.15) is 35.4 Å². The molecule has 0 bridgehead atoms. The van der Waals surface area contributed by atoms with Crippen molar-refractivity contribution >= 4 is 17.3 Å². The Bertz CT molecular complexity index is 1110. The molecule has 0 amide bonds. The molecule has 0 aromatic heterocycles. The van der Waals surface area contributed by atoms with Gasteiger partial charge in [-0.1, -0.05) is 23.7 Å². The second-order valence-electron chi connectivity index (χ2n) is 7.30. The van der Waals surface area contributed by atoms with E-state index in [0.717, 1.165) is 46.1 Å². The molecule has 152 valence electrons. The van der Waals surface area contributed by atoms with E-state index in [2.05, 4.69) is 0 Å². The maximum Gasteiger partial charge on any atom is 0.214 e. The molecular formula is C24H21ClN2O3. The smallest absolute Gasteiger partial charge is 0.214 e. The highest BCUT2D eigenvalue weighted by atomic mass is 35.5. The summed E-state index contributed by atoms with van der Waals surface area (Å²) in [5.74, 6) is 2.44. The third-order valence-corrected chi connectivity index (χ3v) is 5.79. The number of hydrogen-bond donors (Lipinski definition) is 0. The quantitative estimate of drug-likeness (QED) is 0.551. The van der Waals surface area contributed by atoms with Gasteiger partial charge < -0.3 is 14.2 Å². The first kappa shape index (κ1) is 18.8. The molecule has 0 aliphatic carbocycles. The Morgan fingerprint density at radius 2 is 1.77 bits per heavy atom. The molecule has 2 aliphatic rings. The van der Waals surface area contributed by atoms with Gasteiger partial charge in [-0.25, -0.2) is 5.01 Å². The molecule has 3 aromatic carbocycles. The van der Waals surface area contributed by atoms with Gasteiger partial charge in [-0.2, -0.15) is 5.10 Å². The second-order valence-corrected chi connectivity index (χ2v) is 7.74. The number of methoxy groups -OCH3 is 2. The minimum Gasteiger partial charge on any atom is -0.497 e. The first-order chi connectivity index (χ1) is 14.7. The predicted molar refractivity (Wildman–Crippen MR) is 117 cm³/mol. The van der Waals surface area contributed by atoms with Crippen LogP contribution in [0.2, 0.25) is 5.02 Å². The molecule has 5 nitrogen and oxygen atoms in total. The van der Waals surface area contributed by atoms with Crippen molar-refractivity contribution in [2.45, 2.75) is 18.7 Å². The Labute approximate surface area is 180 Å². The van der Waals surface area contributed by atoms with Crippen molar-refractivity contribution in [1.29, 1.82) is 0 Å². The normalized spacial score (nSPS) is 19.4. The molecule has 0 fully saturated rings. The van der Waals surface area contributed by atoms with Gasteiger partial charge in [0.1, 0.15) is 17.2 Å². The van der Waals surface area contributed by atoms with Gasteiger partial charge in [-0.3, -0.25) is 0 Å². The fraction of sp³-hybridized carbons (Fsp3) is 0.208. The first-order valence-corrected chi connectivity index (χ1v) is 10.1. The number of ether oxygens (including phenoxy) is 3. The van der Waals surface area contributed by atoms with Crippen LogP contribution in [0.4, 0.5) is 0 Å². The highest BCUT2D eigenvalue weighted by molar-refractivity contribution is 6.30. The average Bonchev–Trinajstić information content (AvgIpc) is 3.24. The summed E-state index contributed by atoms with van der Waals surface area (Å²) >= 11 is 6.30. The monoisotopic (exact) mass is 420 g/mol. The Morgan fingerprint density at radius 3 is 2.53 bits per heavy atom. The minimum absolute atomic E-state index is 0.0424. The molecule has 2 unspecified atom stereocenters. The van der Waals surface area contributed by atoms with Gasteiger partial charge in [-0.15, -0.1) is 0 Å². The largest absolute Gasteiger partial charge is 0.497 e. The third-order valence-electron chi connectivity index (χ3n) is 5.55. The molecule has 0 radical (unpaired) electrons. The van der Waals surface area contributed by atoms with Crippen LogP contribution in [-0.4, -0.2) is 24.9 Å². The molecule has 30 heavy (non-hydrogen) atoms. The number of nitrogens with zero attached hydrogens (tertiary/aromatic N) is 2. The maximum absolute atomic E-state index is 6.39. The number of benzene rings is 3. The molecule has 2 atom stereocenters. The number of hydrogen-bond acceptors (Lipinski definition) is 5. The van der Waals surface area contributed by atoms with Crippen molar-refractivity contribution in [2.75, 3.05) is 14.2 Å². The molecule has 0 spiro atoms. The van der Waals surface area contributed by atoms with Crippen molar-refractivity contribution in [3.63, 3.8) is 0 Å². The van der Waals surface area contributed by atoms with Gasteiger partial charge in [0, 0.05) is 22.6 Å². The van der Waals surface area contributed by atoms with Gasteiger partial charge >= 0.3 is 0 Å². The SMILES string of the molecule is COc1ccc(C2=NN3C(C2)c2cc(Cl)ccc2OC3c2cccc(OC)c2)cc1. The standard InChI is InChI=1S/C24H21ClN2O3/c1-28-18-9-6-15(7-10-18)21-14-22-20-13-17(25)8-11-23(20)30-24(27(22)26-21)16-4-3-5-19(12-16)29-2/h3-13,22,24H,14H2,1-2H3. The number of hydrazone groups is 1. The summed E-state index contributed by atoms with van der Waals surface area (Å²) in [5.41, 5.74) is 4.11. The van der Waals surface area contributed by atoms with Crippen LogP contribution >= 0.6 is 11.6 Å². The van der Waals surface area contributed by atoms with Gasteiger partial charge in [0.25, 0.3) is 0 Å². The average molecular weight is 421 g/mol. The van der Waals surface area contributed by atoms with E-state index in [4.69, 9.17) is 30.9 Å². The maximum atomic E-state index is 6.39. The lowest BCUT2D eigenvalue weighted by Gasteiger charge is -2.38. The Morgan fingerprint density at radius 1 is 0.967 bits per heavy atom. The number of halogens is 1. The lowest BCUT2D eigenvalue weighted by molar-refractivity contribution is -0.0191. The van der Waals surface area contributed by atoms with Crippen molar-refractivity contribution in [3.05, 3.63) is 88.4 Å². The summed E-state index contributed by atoms with van der Waals surface area (Å²) in [6, 6.07) is 21.7. The van der Waals surface area contributed by atoms with Gasteiger partial charge in [0.15, 0.2) is 0 Å². The first-order valence-electron chi connectivity index (χ1n) is 9.76. The zero-order valence-electron chi connectivity index (χ0n) is 16.7. The lowest BCUT2D eigenvalue weighted by atomic mass is 9.96. The summed E-state index contributed by atoms with van der Waals surface area (Å²) in [4.78, 5) is 0. The van der Waals surface area contributed by atoms with E-state index in [9.17, 15) is 0 Å². The minimum atomic E-state index is -0.352. The summed E-state index contributed by atoms with van der Waals surface area (Å²) in [5, 5.41) is 7.70. The Kier molecular flexibility index (Phi) is 4.75.